The van der Waals surface area contributed by atoms with Gasteiger partial charge in [-0.05, 0) is 38.1 Å². The van der Waals surface area contributed by atoms with E-state index in [1.807, 2.05) is 0 Å². The number of nitro benzene ring substituents is 1. The summed E-state index contributed by atoms with van der Waals surface area (Å²) in [6, 6.07) is 6.18. The molecule has 0 unspecified atom stereocenters. The largest absolute Gasteiger partial charge is 0.456 e. The summed E-state index contributed by atoms with van der Waals surface area (Å²) in [7, 11) is 0. The Morgan fingerprint density at radius 3 is 2.42 bits per heavy atom. The van der Waals surface area contributed by atoms with Crippen LogP contribution in [0.25, 0.3) is 0 Å². The van der Waals surface area contributed by atoms with Crippen LogP contribution in [0.2, 0.25) is 5.02 Å². The molecule has 0 N–H and O–H groups in total. The van der Waals surface area contributed by atoms with E-state index in [0.717, 1.165) is 18.2 Å². The molecule has 0 aliphatic rings. The van der Waals surface area contributed by atoms with Crippen molar-refractivity contribution < 1.29 is 22.8 Å². The van der Waals surface area contributed by atoms with Gasteiger partial charge in [0, 0.05) is 12.1 Å². The van der Waals surface area contributed by atoms with E-state index < -0.39 is 16.7 Å². The lowest BCUT2D eigenvalue weighted by Gasteiger charge is -2.11. The maximum absolute atomic E-state index is 12.7. The standard InChI is InChI=1S/C16H13ClF3N3O3/c1-9(2)21-22-13-8-11(4-5-14(13)23(24)25)26-15-6-3-10(7-12(15)17)16(18,19)20/h3-9H,1-2H3. The van der Waals surface area contributed by atoms with Crippen LogP contribution in [-0.4, -0.2) is 11.0 Å². The summed E-state index contributed by atoms with van der Waals surface area (Å²) in [4.78, 5) is 10.4. The number of nitrogens with zero attached hydrogens (tertiary/aromatic N) is 3. The second kappa shape index (κ2) is 7.69. The van der Waals surface area contributed by atoms with Crippen molar-refractivity contribution in [2.45, 2.75) is 26.1 Å². The molecule has 0 heterocycles. The van der Waals surface area contributed by atoms with Gasteiger partial charge < -0.3 is 4.74 Å². The molecule has 2 rings (SSSR count). The molecule has 0 fully saturated rings. The van der Waals surface area contributed by atoms with Crippen molar-refractivity contribution in [1.29, 1.82) is 0 Å². The zero-order chi connectivity index (χ0) is 19.5. The van der Waals surface area contributed by atoms with E-state index in [0.29, 0.717) is 0 Å². The molecule has 2 aromatic rings. The monoisotopic (exact) mass is 387 g/mol. The average Bonchev–Trinajstić information content (AvgIpc) is 2.53. The molecule has 0 aliphatic carbocycles. The number of alkyl halides is 3. The van der Waals surface area contributed by atoms with Crippen LogP contribution in [0, 0.1) is 10.1 Å². The number of hydrogen-bond acceptors (Lipinski definition) is 5. The van der Waals surface area contributed by atoms with Crippen LogP contribution in [0.1, 0.15) is 19.4 Å². The van der Waals surface area contributed by atoms with Gasteiger partial charge in [-0.25, -0.2) is 0 Å². The van der Waals surface area contributed by atoms with Crippen LogP contribution >= 0.6 is 11.6 Å². The lowest BCUT2D eigenvalue weighted by molar-refractivity contribution is -0.384. The molecule has 0 aliphatic heterocycles. The Morgan fingerprint density at radius 1 is 1.19 bits per heavy atom. The van der Waals surface area contributed by atoms with Crippen molar-refractivity contribution >= 4 is 23.0 Å². The lowest BCUT2D eigenvalue weighted by Crippen LogP contribution is -2.04. The van der Waals surface area contributed by atoms with Gasteiger partial charge in [0.2, 0.25) is 0 Å². The Hall–Kier alpha value is -2.68. The van der Waals surface area contributed by atoms with Crippen LogP contribution in [0.3, 0.4) is 0 Å². The van der Waals surface area contributed by atoms with E-state index in [1.165, 1.54) is 18.2 Å². The third-order valence-corrected chi connectivity index (χ3v) is 3.32. The van der Waals surface area contributed by atoms with Gasteiger partial charge in [-0.1, -0.05) is 11.6 Å². The third-order valence-electron chi connectivity index (χ3n) is 3.03. The van der Waals surface area contributed by atoms with Gasteiger partial charge in [0.1, 0.15) is 11.5 Å². The van der Waals surface area contributed by atoms with Gasteiger partial charge in [-0.2, -0.15) is 18.3 Å². The van der Waals surface area contributed by atoms with Crippen molar-refractivity contribution in [3.8, 4) is 11.5 Å². The van der Waals surface area contributed by atoms with E-state index >= 15 is 0 Å². The van der Waals surface area contributed by atoms with Gasteiger partial charge in [-0.3, -0.25) is 10.1 Å². The fraction of sp³-hybridized carbons (Fsp3) is 0.250. The molecule has 26 heavy (non-hydrogen) atoms. The smallest absolute Gasteiger partial charge is 0.416 e. The Labute approximate surface area is 151 Å². The molecule has 0 saturated carbocycles. The SMILES string of the molecule is CC(C)N=Nc1cc(Oc2ccc(C(F)(F)F)cc2Cl)ccc1[N+](=O)[O-]. The molecule has 0 radical (unpaired) electrons. The Bertz CT molecular complexity index is 854. The number of halogens is 4. The first kappa shape index (κ1) is 19.6. The van der Waals surface area contributed by atoms with Crippen LogP contribution in [0.15, 0.2) is 46.6 Å². The van der Waals surface area contributed by atoms with E-state index in [2.05, 4.69) is 10.2 Å². The molecular formula is C16H13ClF3N3O3. The molecule has 10 heteroatoms. The highest BCUT2D eigenvalue weighted by atomic mass is 35.5. The molecular weight excluding hydrogens is 375 g/mol. The maximum atomic E-state index is 12.7. The third kappa shape index (κ3) is 4.92. The van der Waals surface area contributed by atoms with E-state index in [1.54, 1.807) is 13.8 Å². The molecule has 0 amide bonds. The first-order chi connectivity index (χ1) is 12.1. The van der Waals surface area contributed by atoms with Crippen LogP contribution in [-0.2, 0) is 6.18 Å². The number of benzene rings is 2. The average molecular weight is 388 g/mol. The topological polar surface area (TPSA) is 77.1 Å². The van der Waals surface area contributed by atoms with Crippen molar-refractivity contribution in [2.24, 2.45) is 10.2 Å². The highest BCUT2D eigenvalue weighted by Crippen LogP contribution is 2.38. The molecule has 6 nitrogen and oxygen atoms in total. The minimum absolute atomic E-state index is 0.0275. The zero-order valence-electron chi connectivity index (χ0n) is 13.6. The molecule has 138 valence electrons. The second-order valence-corrected chi connectivity index (χ2v) is 5.87. The summed E-state index contributed by atoms with van der Waals surface area (Å²) in [6.07, 6.45) is -4.53. The summed E-state index contributed by atoms with van der Waals surface area (Å²) < 4.78 is 43.4. The van der Waals surface area contributed by atoms with Crippen molar-refractivity contribution in [3.63, 3.8) is 0 Å². The molecule has 0 atom stereocenters. The van der Waals surface area contributed by atoms with Crippen LogP contribution in [0.5, 0.6) is 11.5 Å². The summed E-state index contributed by atoms with van der Waals surface area (Å²) in [5.41, 5.74) is -1.23. The highest BCUT2D eigenvalue weighted by molar-refractivity contribution is 6.32. The fourth-order valence-electron chi connectivity index (χ4n) is 1.87. The van der Waals surface area contributed by atoms with Crippen molar-refractivity contribution in [3.05, 3.63) is 57.1 Å². The first-order valence-corrected chi connectivity index (χ1v) is 7.69. The van der Waals surface area contributed by atoms with Crippen LogP contribution in [0.4, 0.5) is 24.5 Å². The zero-order valence-corrected chi connectivity index (χ0v) is 14.4. The van der Waals surface area contributed by atoms with Gasteiger partial charge >= 0.3 is 6.18 Å². The molecule has 0 saturated heterocycles. The summed E-state index contributed by atoms with van der Waals surface area (Å²) >= 11 is 5.83. The number of hydrogen-bond donors (Lipinski definition) is 0. The molecule has 0 aromatic heterocycles. The van der Waals surface area contributed by atoms with Gasteiger partial charge in [0.15, 0.2) is 5.69 Å². The van der Waals surface area contributed by atoms with Crippen molar-refractivity contribution in [1.82, 2.24) is 0 Å². The predicted octanol–water partition coefficient (Wildman–Crippen LogP) is 6.55. The maximum Gasteiger partial charge on any atom is 0.416 e. The second-order valence-electron chi connectivity index (χ2n) is 5.46. The van der Waals surface area contributed by atoms with E-state index in [-0.39, 0.29) is 33.9 Å². The predicted molar refractivity (Wildman–Crippen MR) is 89.3 cm³/mol. The Kier molecular flexibility index (Phi) is 5.81. The van der Waals surface area contributed by atoms with Gasteiger partial charge in [0.25, 0.3) is 5.69 Å². The summed E-state index contributed by atoms with van der Waals surface area (Å²) in [5, 5.41) is 18.5. The molecule has 0 bridgehead atoms. The number of rotatable bonds is 5. The Morgan fingerprint density at radius 2 is 1.88 bits per heavy atom. The lowest BCUT2D eigenvalue weighted by atomic mass is 10.2. The Balaban J connectivity index is 2.35. The minimum Gasteiger partial charge on any atom is -0.456 e. The first-order valence-electron chi connectivity index (χ1n) is 7.32. The molecule has 0 spiro atoms. The highest BCUT2D eigenvalue weighted by Gasteiger charge is 2.31. The molecule has 2 aromatic carbocycles. The number of azo groups is 1. The summed E-state index contributed by atoms with van der Waals surface area (Å²) in [5.74, 6) is 0.0928. The van der Waals surface area contributed by atoms with E-state index in [9.17, 15) is 23.3 Å². The quantitative estimate of drug-likeness (QED) is 0.331. The van der Waals surface area contributed by atoms with Crippen LogP contribution < -0.4 is 4.74 Å². The minimum atomic E-state index is -4.53. The van der Waals surface area contributed by atoms with Gasteiger partial charge in [-0.15, -0.1) is 5.11 Å². The normalized spacial score (nSPS) is 12.0. The number of nitro groups is 1. The van der Waals surface area contributed by atoms with Gasteiger partial charge in [0.05, 0.1) is 21.6 Å². The summed E-state index contributed by atoms with van der Waals surface area (Å²) in [6.45, 7) is 3.50. The fourth-order valence-corrected chi connectivity index (χ4v) is 2.08. The van der Waals surface area contributed by atoms with Crippen molar-refractivity contribution in [2.75, 3.05) is 0 Å². The van der Waals surface area contributed by atoms with E-state index in [4.69, 9.17) is 16.3 Å². The number of ether oxygens (including phenoxy) is 1.